The highest BCUT2D eigenvalue weighted by Gasteiger charge is 2.20. The fourth-order valence-electron chi connectivity index (χ4n) is 3.10. The van der Waals surface area contributed by atoms with Gasteiger partial charge in [-0.1, -0.05) is 36.4 Å². The van der Waals surface area contributed by atoms with Gasteiger partial charge in [0.25, 0.3) is 15.9 Å². The van der Waals surface area contributed by atoms with E-state index < -0.39 is 10.0 Å². The molecule has 2 aromatic carbocycles. The molecule has 4 rings (SSSR count). The van der Waals surface area contributed by atoms with E-state index >= 15 is 0 Å². The molecule has 3 aromatic rings. The van der Waals surface area contributed by atoms with Gasteiger partial charge >= 0.3 is 0 Å². The Labute approximate surface area is 173 Å². The van der Waals surface area contributed by atoms with Gasteiger partial charge < -0.3 is 5.32 Å². The fraction of sp³-hybridized carbons (Fsp3) is 0.143. The molecule has 0 fully saturated rings. The summed E-state index contributed by atoms with van der Waals surface area (Å²) in [4.78, 5) is 17.6. The predicted octanol–water partition coefficient (Wildman–Crippen LogP) is 4.14. The summed E-state index contributed by atoms with van der Waals surface area (Å²) in [6.45, 7) is 0.637. The number of anilines is 1. The number of benzene rings is 2. The summed E-state index contributed by atoms with van der Waals surface area (Å²) < 4.78 is 27.7. The third-order valence-electron chi connectivity index (χ3n) is 4.48. The van der Waals surface area contributed by atoms with Crippen LogP contribution >= 0.6 is 11.3 Å². The zero-order valence-electron chi connectivity index (χ0n) is 15.5. The van der Waals surface area contributed by atoms with Gasteiger partial charge in [-0.2, -0.15) is 0 Å². The Kier molecular flexibility index (Phi) is 5.46. The van der Waals surface area contributed by atoms with Gasteiger partial charge in [0.15, 0.2) is 0 Å². The van der Waals surface area contributed by atoms with E-state index in [1.54, 1.807) is 12.1 Å². The highest BCUT2D eigenvalue weighted by molar-refractivity contribution is 7.90. The molecule has 6 nitrogen and oxygen atoms in total. The molecule has 0 bridgehead atoms. The van der Waals surface area contributed by atoms with Crippen molar-refractivity contribution in [3.8, 4) is 11.1 Å². The second-order valence-electron chi connectivity index (χ2n) is 6.55. The van der Waals surface area contributed by atoms with Crippen molar-refractivity contribution >= 4 is 38.8 Å². The molecule has 1 aliphatic heterocycles. The minimum atomic E-state index is -3.74. The maximum Gasteiger partial charge on any atom is 0.266 e. The van der Waals surface area contributed by atoms with Crippen molar-refractivity contribution in [3.05, 3.63) is 70.9 Å². The highest BCUT2D eigenvalue weighted by Crippen LogP contribution is 2.29. The third-order valence-corrected chi connectivity index (χ3v) is 6.78. The number of aliphatic imine (C=N–C) groups is 1. The van der Waals surface area contributed by atoms with Crippen molar-refractivity contribution in [2.24, 2.45) is 4.99 Å². The number of thiophene rings is 1. The van der Waals surface area contributed by atoms with Crippen LogP contribution in [0.2, 0.25) is 0 Å². The quantitative estimate of drug-likeness (QED) is 0.644. The van der Waals surface area contributed by atoms with E-state index in [1.807, 2.05) is 41.8 Å². The average Bonchev–Trinajstić information content (AvgIpc) is 3.40. The topological polar surface area (TPSA) is 87.6 Å². The van der Waals surface area contributed by atoms with Crippen LogP contribution in [-0.4, -0.2) is 26.7 Å². The summed E-state index contributed by atoms with van der Waals surface area (Å²) in [5.41, 5.74) is 2.22. The molecule has 1 aliphatic rings. The number of carbonyl (C=O) groups is 1. The van der Waals surface area contributed by atoms with E-state index in [0.29, 0.717) is 29.4 Å². The van der Waals surface area contributed by atoms with Crippen LogP contribution in [0.4, 0.5) is 5.69 Å². The van der Waals surface area contributed by atoms with Crippen LogP contribution in [0.5, 0.6) is 0 Å². The Balaban J connectivity index is 1.55. The van der Waals surface area contributed by atoms with E-state index in [1.165, 1.54) is 23.5 Å². The first-order chi connectivity index (χ1) is 14.0. The number of nitrogens with one attached hydrogen (secondary N) is 2. The molecule has 1 amide bonds. The van der Waals surface area contributed by atoms with Gasteiger partial charge in [0.2, 0.25) is 0 Å². The molecule has 0 atom stereocenters. The molecule has 0 spiro atoms. The fourth-order valence-corrected chi connectivity index (χ4v) is 5.04. The van der Waals surface area contributed by atoms with Crippen LogP contribution < -0.4 is 10.0 Å². The molecule has 2 N–H and O–H groups in total. The Morgan fingerprint density at radius 2 is 1.86 bits per heavy atom. The minimum absolute atomic E-state index is 0.0827. The van der Waals surface area contributed by atoms with Crippen molar-refractivity contribution in [1.29, 1.82) is 0 Å². The Morgan fingerprint density at radius 3 is 2.62 bits per heavy atom. The van der Waals surface area contributed by atoms with E-state index in [0.717, 1.165) is 17.5 Å². The summed E-state index contributed by atoms with van der Waals surface area (Å²) in [6, 6.07) is 17.8. The summed E-state index contributed by atoms with van der Waals surface area (Å²) in [6.07, 6.45) is 1.47. The number of amides is 1. The van der Waals surface area contributed by atoms with Crippen LogP contribution in [0.3, 0.4) is 0 Å². The number of rotatable bonds is 5. The van der Waals surface area contributed by atoms with Crippen molar-refractivity contribution in [3.63, 3.8) is 0 Å². The maximum absolute atomic E-state index is 12.8. The Morgan fingerprint density at radius 1 is 1.03 bits per heavy atom. The summed E-state index contributed by atoms with van der Waals surface area (Å²) in [5.74, 6) is 0.201. The van der Waals surface area contributed by atoms with Crippen molar-refractivity contribution < 1.29 is 13.2 Å². The molecule has 8 heteroatoms. The lowest BCUT2D eigenvalue weighted by Crippen LogP contribution is -2.29. The van der Waals surface area contributed by atoms with Gasteiger partial charge in [0.05, 0.1) is 9.77 Å². The van der Waals surface area contributed by atoms with Gasteiger partial charge in [0.1, 0.15) is 5.84 Å². The van der Waals surface area contributed by atoms with E-state index in [2.05, 4.69) is 15.0 Å². The lowest BCUT2D eigenvalue weighted by atomic mass is 10.1. The minimum Gasteiger partial charge on any atom is -0.321 e. The molecular formula is C21H19N3O3S2. The van der Waals surface area contributed by atoms with Crippen molar-refractivity contribution in [1.82, 2.24) is 4.72 Å². The number of hydrogen-bond donors (Lipinski definition) is 2. The van der Waals surface area contributed by atoms with Crippen molar-refractivity contribution in [2.75, 3.05) is 11.9 Å². The normalized spacial score (nSPS) is 13.7. The van der Waals surface area contributed by atoms with Crippen molar-refractivity contribution in [2.45, 2.75) is 17.7 Å². The first-order valence-electron chi connectivity index (χ1n) is 9.13. The van der Waals surface area contributed by atoms with Crippen LogP contribution in [0.1, 0.15) is 22.5 Å². The number of hydrogen-bond acceptors (Lipinski definition) is 5. The maximum atomic E-state index is 12.8. The van der Waals surface area contributed by atoms with Crippen LogP contribution in [0, 0.1) is 0 Å². The van der Waals surface area contributed by atoms with Gasteiger partial charge in [-0.3, -0.25) is 14.5 Å². The second kappa shape index (κ2) is 8.18. The SMILES string of the molecule is O=C(Nc1cccc(S(=O)(=O)NC2=NCCC2)c1)c1sccc1-c1ccccc1. The van der Waals surface area contributed by atoms with E-state index in [-0.39, 0.29) is 10.8 Å². The third kappa shape index (κ3) is 4.38. The first kappa shape index (κ1) is 19.4. The molecule has 0 saturated heterocycles. The molecule has 0 unspecified atom stereocenters. The van der Waals surface area contributed by atoms with Crippen LogP contribution in [-0.2, 0) is 10.0 Å². The smallest absolute Gasteiger partial charge is 0.266 e. The second-order valence-corrected chi connectivity index (χ2v) is 9.15. The summed E-state index contributed by atoms with van der Waals surface area (Å²) >= 11 is 1.34. The number of nitrogens with zero attached hydrogens (tertiary/aromatic N) is 1. The molecular weight excluding hydrogens is 406 g/mol. The van der Waals surface area contributed by atoms with Gasteiger partial charge in [-0.15, -0.1) is 11.3 Å². The standard InChI is InChI=1S/C21H19N3O3S2/c25-21(20-18(11-13-28-20)15-6-2-1-3-7-15)23-16-8-4-9-17(14-16)29(26,27)24-19-10-5-12-22-19/h1-4,6-9,11,13-14H,5,10,12H2,(H,22,24)(H,23,25). The number of sulfonamides is 1. The van der Waals surface area contributed by atoms with Crippen LogP contribution in [0.25, 0.3) is 11.1 Å². The molecule has 29 heavy (non-hydrogen) atoms. The van der Waals surface area contributed by atoms with E-state index in [4.69, 9.17) is 0 Å². The summed E-state index contributed by atoms with van der Waals surface area (Å²) in [7, 11) is -3.74. The number of amidine groups is 1. The Bertz CT molecular complexity index is 1170. The molecule has 148 valence electrons. The lowest BCUT2D eigenvalue weighted by Gasteiger charge is -2.10. The zero-order valence-corrected chi connectivity index (χ0v) is 17.1. The van der Waals surface area contributed by atoms with E-state index in [9.17, 15) is 13.2 Å². The average molecular weight is 426 g/mol. The molecule has 0 saturated carbocycles. The monoisotopic (exact) mass is 425 g/mol. The van der Waals surface area contributed by atoms with Gasteiger partial charge in [-0.05, 0) is 41.6 Å². The first-order valence-corrected chi connectivity index (χ1v) is 11.5. The van der Waals surface area contributed by atoms with Gasteiger partial charge in [0, 0.05) is 24.2 Å². The largest absolute Gasteiger partial charge is 0.321 e. The van der Waals surface area contributed by atoms with Crippen LogP contribution in [0.15, 0.2) is 75.9 Å². The molecule has 0 aliphatic carbocycles. The highest BCUT2D eigenvalue weighted by atomic mass is 32.2. The lowest BCUT2D eigenvalue weighted by molar-refractivity contribution is 0.103. The Hall–Kier alpha value is -2.97. The van der Waals surface area contributed by atoms with Gasteiger partial charge in [-0.25, -0.2) is 8.42 Å². The summed E-state index contributed by atoms with van der Waals surface area (Å²) in [5, 5.41) is 4.68. The molecule has 0 radical (unpaired) electrons. The molecule has 1 aromatic heterocycles. The predicted molar refractivity (Wildman–Crippen MR) is 116 cm³/mol. The number of carbonyl (C=O) groups excluding carboxylic acids is 1. The molecule has 2 heterocycles. The zero-order chi connectivity index (χ0) is 20.3.